The van der Waals surface area contributed by atoms with Crippen LogP contribution in [0.25, 0.3) is 0 Å². The maximum absolute atomic E-state index is 6.48. The van der Waals surface area contributed by atoms with Gasteiger partial charge in [0.25, 0.3) is 0 Å². The Bertz CT molecular complexity index is 418. The molecule has 0 aromatic carbocycles. The summed E-state index contributed by atoms with van der Waals surface area (Å²) in [6.07, 6.45) is 5.92. The molecule has 0 aliphatic heterocycles. The summed E-state index contributed by atoms with van der Waals surface area (Å²) in [5, 5.41) is 0. The van der Waals surface area contributed by atoms with Crippen molar-refractivity contribution in [3.05, 3.63) is 22.6 Å². The minimum Gasteiger partial charge on any atom is -0.466 e. The highest BCUT2D eigenvalue weighted by Crippen LogP contribution is 2.47. The Morgan fingerprint density at radius 1 is 1.37 bits per heavy atom. The van der Waals surface area contributed by atoms with Gasteiger partial charge in [-0.05, 0) is 60.0 Å². The second-order valence-electron chi connectivity index (χ2n) is 6.27. The molecule has 1 fully saturated rings. The molecule has 1 unspecified atom stereocenters. The smallest absolute Gasteiger partial charge is 0.137 e. The van der Waals surface area contributed by atoms with Gasteiger partial charge in [-0.1, -0.05) is 13.8 Å². The van der Waals surface area contributed by atoms with Crippen molar-refractivity contribution in [2.75, 3.05) is 6.61 Å². The van der Waals surface area contributed by atoms with Gasteiger partial charge in [0.2, 0.25) is 0 Å². The first-order valence-corrected chi connectivity index (χ1v) is 7.82. The summed E-state index contributed by atoms with van der Waals surface area (Å²) in [5.41, 5.74) is 6.58. The van der Waals surface area contributed by atoms with Gasteiger partial charge in [-0.2, -0.15) is 0 Å². The van der Waals surface area contributed by atoms with E-state index >= 15 is 0 Å². The standard InChI is InChI=1S/C15H24BrNO2/c1-4-19-15(8-6-14(2,3)7-9-15)13(17)12-11(16)5-10-18-12/h5,10,13H,4,6-9,17H2,1-3H3. The zero-order chi connectivity index (χ0) is 14.1. The molecule has 1 aromatic rings. The second-order valence-corrected chi connectivity index (χ2v) is 7.13. The fourth-order valence-electron chi connectivity index (χ4n) is 2.95. The van der Waals surface area contributed by atoms with Gasteiger partial charge in [0, 0.05) is 6.61 Å². The summed E-state index contributed by atoms with van der Waals surface area (Å²) in [7, 11) is 0. The Kier molecular flexibility index (Phi) is 4.43. The highest BCUT2D eigenvalue weighted by Gasteiger charge is 2.45. The first kappa shape index (κ1) is 15.1. The molecule has 0 radical (unpaired) electrons. The van der Waals surface area contributed by atoms with Gasteiger partial charge in [-0.15, -0.1) is 0 Å². The highest BCUT2D eigenvalue weighted by atomic mass is 79.9. The zero-order valence-electron chi connectivity index (χ0n) is 12.0. The van der Waals surface area contributed by atoms with Crippen LogP contribution in [0.15, 0.2) is 21.2 Å². The van der Waals surface area contributed by atoms with Crippen molar-refractivity contribution in [1.82, 2.24) is 0 Å². The van der Waals surface area contributed by atoms with Crippen molar-refractivity contribution in [2.24, 2.45) is 11.1 Å². The topological polar surface area (TPSA) is 48.4 Å². The summed E-state index contributed by atoms with van der Waals surface area (Å²) in [6, 6.07) is 1.68. The monoisotopic (exact) mass is 329 g/mol. The molecule has 1 aliphatic carbocycles. The van der Waals surface area contributed by atoms with Gasteiger partial charge in [0.1, 0.15) is 5.76 Å². The molecule has 0 spiro atoms. The lowest BCUT2D eigenvalue weighted by Crippen LogP contribution is -2.48. The Labute approximate surface area is 124 Å². The highest BCUT2D eigenvalue weighted by molar-refractivity contribution is 9.10. The van der Waals surface area contributed by atoms with Gasteiger partial charge < -0.3 is 14.9 Å². The Hall–Kier alpha value is -0.320. The van der Waals surface area contributed by atoms with Crippen LogP contribution in [-0.2, 0) is 4.74 Å². The van der Waals surface area contributed by atoms with Gasteiger partial charge in [0.15, 0.2) is 0 Å². The van der Waals surface area contributed by atoms with E-state index in [0.717, 1.165) is 35.9 Å². The first-order valence-electron chi connectivity index (χ1n) is 7.03. The lowest BCUT2D eigenvalue weighted by molar-refractivity contribution is -0.103. The fourth-order valence-corrected chi connectivity index (χ4v) is 3.40. The lowest BCUT2D eigenvalue weighted by atomic mass is 9.68. The third kappa shape index (κ3) is 3.06. The second kappa shape index (κ2) is 5.58. The zero-order valence-corrected chi connectivity index (χ0v) is 13.6. The summed E-state index contributed by atoms with van der Waals surface area (Å²) in [6.45, 7) is 7.35. The summed E-state index contributed by atoms with van der Waals surface area (Å²) in [5.74, 6) is 0.799. The molecule has 1 saturated carbocycles. The normalized spacial score (nSPS) is 23.2. The molecule has 1 heterocycles. The van der Waals surface area contributed by atoms with Crippen molar-refractivity contribution in [1.29, 1.82) is 0 Å². The molecule has 108 valence electrons. The number of rotatable bonds is 4. The van der Waals surface area contributed by atoms with Crippen molar-refractivity contribution in [3.8, 4) is 0 Å². The SMILES string of the molecule is CCOC1(C(N)c2occc2Br)CCC(C)(C)CC1. The number of halogens is 1. The molecule has 2 N–H and O–H groups in total. The molecule has 0 amide bonds. The van der Waals surface area contributed by atoms with E-state index in [0.29, 0.717) is 12.0 Å². The molecule has 2 rings (SSSR count). The van der Waals surface area contributed by atoms with Crippen molar-refractivity contribution < 1.29 is 9.15 Å². The molecule has 1 aliphatic rings. The molecule has 0 saturated heterocycles. The van der Waals surface area contributed by atoms with E-state index in [-0.39, 0.29) is 11.6 Å². The van der Waals surface area contributed by atoms with E-state index in [4.69, 9.17) is 14.9 Å². The minimum atomic E-state index is -0.287. The van der Waals surface area contributed by atoms with E-state index in [1.807, 2.05) is 13.0 Å². The Balaban J connectivity index is 2.23. The van der Waals surface area contributed by atoms with Gasteiger partial charge >= 0.3 is 0 Å². The van der Waals surface area contributed by atoms with E-state index < -0.39 is 0 Å². The molecule has 4 heteroatoms. The number of hydrogen-bond donors (Lipinski definition) is 1. The van der Waals surface area contributed by atoms with Crippen molar-refractivity contribution in [2.45, 2.75) is 58.1 Å². The maximum atomic E-state index is 6.48. The number of nitrogens with two attached hydrogens (primary N) is 1. The fraction of sp³-hybridized carbons (Fsp3) is 0.733. The van der Waals surface area contributed by atoms with Crippen LogP contribution in [0.1, 0.15) is 58.3 Å². The first-order chi connectivity index (χ1) is 8.90. The van der Waals surface area contributed by atoms with Crippen molar-refractivity contribution in [3.63, 3.8) is 0 Å². The lowest BCUT2D eigenvalue weighted by Gasteiger charge is -2.45. The van der Waals surface area contributed by atoms with Crippen LogP contribution in [0.4, 0.5) is 0 Å². The number of hydrogen-bond acceptors (Lipinski definition) is 3. The average molecular weight is 330 g/mol. The third-order valence-electron chi connectivity index (χ3n) is 4.38. The predicted octanol–water partition coefficient (Wildman–Crippen LogP) is 4.42. The van der Waals surface area contributed by atoms with Crippen LogP contribution in [0.2, 0.25) is 0 Å². The van der Waals surface area contributed by atoms with E-state index in [1.54, 1.807) is 6.26 Å². The minimum absolute atomic E-state index is 0.215. The summed E-state index contributed by atoms with van der Waals surface area (Å²) >= 11 is 3.50. The Morgan fingerprint density at radius 2 is 2.00 bits per heavy atom. The molecule has 0 bridgehead atoms. The molecular weight excluding hydrogens is 306 g/mol. The van der Waals surface area contributed by atoms with Crippen LogP contribution < -0.4 is 5.73 Å². The summed E-state index contributed by atoms with van der Waals surface area (Å²) in [4.78, 5) is 0. The van der Waals surface area contributed by atoms with Crippen LogP contribution >= 0.6 is 15.9 Å². The third-order valence-corrected chi connectivity index (χ3v) is 5.03. The van der Waals surface area contributed by atoms with E-state index in [9.17, 15) is 0 Å². The van der Waals surface area contributed by atoms with Crippen molar-refractivity contribution >= 4 is 15.9 Å². The maximum Gasteiger partial charge on any atom is 0.137 e. The van der Waals surface area contributed by atoms with Crippen LogP contribution in [0, 0.1) is 5.41 Å². The molecule has 1 atom stereocenters. The predicted molar refractivity (Wildman–Crippen MR) is 79.9 cm³/mol. The molecule has 19 heavy (non-hydrogen) atoms. The quantitative estimate of drug-likeness (QED) is 0.889. The van der Waals surface area contributed by atoms with Gasteiger partial charge in [0.05, 0.1) is 22.4 Å². The largest absolute Gasteiger partial charge is 0.466 e. The molecule has 3 nitrogen and oxygen atoms in total. The molecule has 1 aromatic heterocycles. The summed E-state index contributed by atoms with van der Waals surface area (Å²) < 4.78 is 12.6. The Morgan fingerprint density at radius 3 is 2.47 bits per heavy atom. The number of furan rings is 1. The number of ether oxygens (including phenoxy) is 1. The van der Waals surface area contributed by atoms with Crippen LogP contribution in [0.3, 0.4) is 0 Å². The van der Waals surface area contributed by atoms with Crippen LogP contribution in [-0.4, -0.2) is 12.2 Å². The van der Waals surface area contributed by atoms with E-state index in [2.05, 4.69) is 29.8 Å². The average Bonchev–Trinajstić information content (AvgIpc) is 2.78. The molecular formula is C15H24BrNO2. The van der Waals surface area contributed by atoms with Gasteiger partial charge in [-0.25, -0.2) is 0 Å². The van der Waals surface area contributed by atoms with E-state index in [1.165, 1.54) is 0 Å². The van der Waals surface area contributed by atoms with Gasteiger partial charge in [-0.3, -0.25) is 0 Å². The van der Waals surface area contributed by atoms with Crippen LogP contribution in [0.5, 0.6) is 0 Å².